The van der Waals surface area contributed by atoms with E-state index >= 15 is 0 Å². The van der Waals surface area contributed by atoms with Crippen LogP contribution in [0.4, 0.5) is 17.2 Å². The van der Waals surface area contributed by atoms with Crippen molar-refractivity contribution in [1.82, 2.24) is 15.4 Å². The summed E-state index contributed by atoms with van der Waals surface area (Å²) in [6, 6.07) is 13.5. The molecule has 1 aromatic heterocycles. The molecule has 27 heavy (non-hydrogen) atoms. The Balaban J connectivity index is 1.61. The van der Waals surface area contributed by atoms with Gasteiger partial charge in [0.15, 0.2) is 0 Å². The molecule has 2 heterocycles. The van der Waals surface area contributed by atoms with Crippen molar-refractivity contribution in [3.8, 4) is 0 Å². The van der Waals surface area contributed by atoms with Crippen molar-refractivity contribution in [2.45, 2.75) is 0 Å². The Bertz CT molecular complexity index is 794. The molecule has 1 aliphatic rings. The number of hydrogen-bond acceptors (Lipinski definition) is 7. The number of rotatable bonds is 7. The molecular formula is C19H24N6O2. The third-order valence-corrected chi connectivity index (χ3v) is 4.23. The predicted octanol–water partition coefficient (Wildman–Crippen LogP) is 1.82. The number of amides is 1. The number of ether oxygens (including phenoxy) is 1. The number of nitrogens with zero attached hydrogens (tertiary/aromatic N) is 4. The van der Waals surface area contributed by atoms with E-state index in [0.717, 1.165) is 18.1 Å². The lowest BCUT2D eigenvalue weighted by Gasteiger charge is -2.28. The summed E-state index contributed by atoms with van der Waals surface area (Å²) in [5, 5.41) is 6.42. The molecule has 0 fully saturated rings. The van der Waals surface area contributed by atoms with Gasteiger partial charge in [-0.15, -0.1) is 0 Å². The van der Waals surface area contributed by atoms with E-state index in [1.54, 1.807) is 29.6 Å². The number of likely N-dealkylation sites (N-methyl/N-ethyl adjacent to an activating group) is 2. The fourth-order valence-electron chi connectivity index (χ4n) is 2.66. The van der Waals surface area contributed by atoms with Crippen LogP contribution in [0.5, 0.6) is 0 Å². The van der Waals surface area contributed by atoms with Crippen molar-refractivity contribution >= 4 is 23.1 Å². The highest BCUT2D eigenvalue weighted by atomic mass is 16.5. The van der Waals surface area contributed by atoms with E-state index in [9.17, 15) is 4.79 Å². The van der Waals surface area contributed by atoms with Crippen LogP contribution in [0, 0.1) is 0 Å². The number of anilines is 3. The summed E-state index contributed by atoms with van der Waals surface area (Å²) in [6.45, 7) is 1.37. The number of para-hydroxylation sites is 1. The van der Waals surface area contributed by atoms with E-state index in [1.165, 1.54) is 0 Å². The number of carbonyl (C=O) groups excluding carboxylic acids is 1. The van der Waals surface area contributed by atoms with Gasteiger partial charge >= 0.3 is 0 Å². The number of pyridine rings is 1. The largest absolute Gasteiger partial charge is 0.383 e. The summed E-state index contributed by atoms with van der Waals surface area (Å²) in [5.74, 6) is 0.602. The lowest BCUT2D eigenvalue weighted by molar-refractivity contribution is -0.114. The van der Waals surface area contributed by atoms with E-state index in [-0.39, 0.29) is 5.91 Å². The normalized spacial score (nSPS) is 13.2. The second kappa shape index (κ2) is 8.41. The fraction of sp³-hybridized carbons (Fsp3) is 0.263. The molecule has 1 aromatic carbocycles. The number of nitrogens with one attached hydrogen (secondary N) is 2. The molecule has 1 amide bonds. The van der Waals surface area contributed by atoms with Crippen LogP contribution >= 0.6 is 0 Å². The average molecular weight is 368 g/mol. The highest BCUT2D eigenvalue weighted by molar-refractivity contribution is 6.03. The number of aromatic nitrogens is 1. The van der Waals surface area contributed by atoms with Gasteiger partial charge < -0.3 is 15.0 Å². The molecule has 0 saturated carbocycles. The fourth-order valence-corrected chi connectivity index (χ4v) is 2.66. The molecule has 3 rings (SSSR count). The maximum Gasteiger partial charge on any atom is 0.275 e. The Labute approximate surface area is 159 Å². The zero-order chi connectivity index (χ0) is 19.2. The monoisotopic (exact) mass is 368 g/mol. The minimum atomic E-state index is -0.217. The van der Waals surface area contributed by atoms with Gasteiger partial charge in [-0.1, -0.05) is 18.2 Å². The Morgan fingerprint density at radius 3 is 2.70 bits per heavy atom. The third-order valence-electron chi connectivity index (χ3n) is 4.23. The molecule has 0 unspecified atom stereocenters. The molecule has 1 aliphatic heterocycles. The quantitative estimate of drug-likeness (QED) is 0.772. The standard InChI is InChI=1S/C19H24N6O2/c1-23(11-12-27-3)18-10-9-15(13-20-18)22-19(26)17-14-21-25(24(17)2)16-7-5-4-6-8-16/h4-10,13-14,21H,11-12H2,1-3H3,(H,22,26). The first-order chi connectivity index (χ1) is 13.1. The van der Waals surface area contributed by atoms with E-state index in [4.69, 9.17) is 4.74 Å². The lowest BCUT2D eigenvalue weighted by Crippen LogP contribution is -2.42. The molecule has 2 N–H and O–H groups in total. The maximum absolute atomic E-state index is 12.6. The van der Waals surface area contributed by atoms with Crippen molar-refractivity contribution in [3.05, 3.63) is 60.6 Å². The number of methoxy groups -OCH3 is 1. The van der Waals surface area contributed by atoms with E-state index in [1.807, 2.05) is 61.5 Å². The Morgan fingerprint density at radius 1 is 1.26 bits per heavy atom. The predicted molar refractivity (Wildman–Crippen MR) is 106 cm³/mol. The van der Waals surface area contributed by atoms with Crippen LogP contribution in [0.3, 0.4) is 0 Å². The van der Waals surface area contributed by atoms with Crippen molar-refractivity contribution < 1.29 is 9.53 Å². The number of hydrazine groups is 2. The van der Waals surface area contributed by atoms with Crippen LogP contribution in [0.15, 0.2) is 60.6 Å². The summed E-state index contributed by atoms with van der Waals surface area (Å²) in [6.07, 6.45) is 3.32. The van der Waals surface area contributed by atoms with Gasteiger partial charge in [-0.05, 0) is 24.3 Å². The molecule has 0 radical (unpaired) electrons. The molecule has 0 bridgehead atoms. The first-order valence-corrected chi connectivity index (χ1v) is 8.63. The first-order valence-electron chi connectivity index (χ1n) is 8.63. The summed E-state index contributed by atoms with van der Waals surface area (Å²) < 4.78 is 5.07. The molecule has 2 aromatic rings. The van der Waals surface area contributed by atoms with E-state index in [2.05, 4.69) is 15.7 Å². The van der Waals surface area contributed by atoms with Gasteiger partial charge in [0.25, 0.3) is 5.91 Å². The van der Waals surface area contributed by atoms with Gasteiger partial charge in [-0.3, -0.25) is 15.2 Å². The van der Waals surface area contributed by atoms with Gasteiger partial charge in [-0.25, -0.2) is 4.98 Å². The van der Waals surface area contributed by atoms with Gasteiger partial charge in [0.05, 0.1) is 30.4 Å². The number of carbonyl (C=O) groups is 1. The van der Waals surface area contributed by atoms with Crippen LogP contribution in [-0.4, -0.2) is 50.3 Å². The van der Waals surface area contributed by atoms with Crippen molar-refractivity contribution in [3.63, 3.8) is 0 Å². The zero-order valence-electron chi connectivity index (χ0n) is 15.7. The smallest absolute Gasteiger partial charge is 0.275 e. The van der Waals surface area contributed by atoms with Crippen LogP contribution in [0.1, 0.15) is 0 Å². The van der Waals surface area contributed by atoms with Gasteiger partial charge in [-0.2, -0.15) is 5.12 Å². The topological polar surface area (TPSA) is 73.0 Å². The number of hydrogen-bond donors (Lipinski definition) is 2. The van der Waals surface area contributed by atoms with Crippen LogP contribution < -0.4 is 20.8 Å². The lowest BCUT2D eigenvalue weighted by atomic mass is 10.3. The SMILES string of the molecule is COCCN(C)c1ccc(NC(=O)C2=CNN(c3ccccc3)N2C)cn1. The van der Waals surface area contributed by atoms with Crippen molar-refractivity contribution in [2.24, 2.45) is 0 Å². The Morgan fingerprint density at radius 2 is 2.04 bits per heavy atom. The van der Waals surface area contributed by atoms with Gasteiger partial charge in [0.2, 0.25) is 0 Å². The summed E-state index contributed by atoms with van der Waals surface area (Å²) in [4.78, 5) is 19.0. The molecule has 0 aliphatic carbocycles. The molecular weight excluding hydrogens is 344 g/mol. The number of benzene rings is 1. The van der Waals surface area contributed by atoms with Crippen molar-refractivity contribution in [2.75, 3.05) is 49.7 Å². The molecule has 0 atom stereocenters. The highest BCUT2D eigenvalue weighted by Crippen LogP contribution is 2.21. The second-order valence-electron chi connectivity index (χ2n) is 6.10. The Hall–Kier alpha value is -3.26. The molecule has 0 saturated heterocycles. The van der Waals surface area contributed by atoms with Crippen LogP contribution in [0.2, 0.25) is 0 Å². The molecule has 8 nitrogen and oxygen atoms in total. The van der Waals surface area contributed by atoms with Gasteiger partial charge in [0, 0.05) is 27.7 Å². The van der Waals surface area contributed by atoms with Crippen LogP contribution in [0.25, 0.3) is 0 Å². The zero-order valence-corrected chi connectivity index (χ0v) is 15.7. The maximum atomic E-state index is 12.6. The summed E-state index contributed by atoms with van der Waals surface area (Å²) in [7, 11) is 5.44. The Kier molecular flexibility index (Phi) is 5.77. The minimum Gasteiger partial charge on any atom is -0.383 e. The second-order valence-corrected chi connectivity index (χ2v) is 6.10. The van der Waals surface area contributed by atoms with Crippen LogP contribution in [-0.2, 0) is 9.53 Å². The van der Waals surface area contributed by atoms with E-state index in [0.29, 0.717) is 18.0 Å². The first kappa shape index (κ1) is 18.5. The molecule has 142 valence electrons. The van der Waals surface area contributed by atoms with Gasteiger partial charge in [0.1, 0.15) is 11.5 Å². The average Bonchev–Trinajstić information content (AvgIpc) is 3.09. The minimum absolute atomic E-state index is 0.217. The summed E-state index contributed by atoms with van der Waals surface area (Å²) in [5.41, 5.74) is 5.16. The molecule has 0 spiro atoms. The van der Waals surface area contributed by atoms with E-state index < -0.39 is 0 Å². The van der Waals surface area contributed by atoms with Crippen molar-refractivity contribution in [1.29, 1.82) is 0 Å². The summed E-state index contributed by atoms with van der Waals surface area (Å²) >= 11 is 0. The molecule has 8 heteroatoms. The highest BCUT2D eigenvalue weighted by Gasteiger charge is 2.25. The third kappa shape index (κ3) is 4.29.